The van der Waals surface area contributed by atoms with Crippen LogP contribution in [-0.4, -0.2) is 34.0 Å². The number of amides is 2. The number of carboxylic acid groups (broad SMARTS) is 2. The topological polar surface area (TPSA) is 161 Å². The molecule has 0 saturated heterocycles. The largest absolute Gasteiger partial charge is 0.478 e. The van der Waals surface area contributed by atoms with Crippen LogP contribution in [-0.2, 0) is 0 Å². The molecule has 4 aromatic rings. The molecule has 4 rings (SSSR count). The van der Waals surface area contributed by atoms with Crippen LogP contribution in [0.15, 0.2) is 72.8 Å². The molecule has 0 unspecified atom stereocenters. The molecule has 0 aromatic heterocycles. The predicted molar refractivity (Wildman–Crippen MR) is 126 cm³/mol. The lowest BCUT2D eigenvalue weighted by Crippen LogP contribution is -2.19. The van der Waals surface area contributed by atoms with Crippen LogP contribution in [0.3, 0.4) is 0 Å². The summed E-state index contributed by atoms with van der Waals surface area (Å²) in [7, 11) is 0. The van der Waals surface area contributed by atoms with Crippen molar-refractivity contribution < 1.29 is 29.4 Å². The Labute approximate surface area is 193 Å². The third-order valence-corrected chi connectivity index (χ3v) is 5.55. The van der Waals surface area contributed by atoms with Crippen LogP contribution in [0.2, 0.25) is 0 Å². The molecule has 0 aliphatic rings. The highest BCUT2D eigenvalue weighted by Crippen LogP contribution is 2.43. The zero-order valence-corrected chi connectivity index (χ0v) is 17.6. The fraction of sp³-hybridized carbons (Fsp3) is 0. The number of benzene rings is 4. The summed E-state index contributed by atoms with van der Waals surface area (Å²) in [4.78, 5) is 48.1. The highest BCUT2D eigenvalue weighted by molar-refractivity contribution is 6.23. The van der Waals surface area contributed by atoms with Gasteiger partial charge >= 0.3 is 11.9 Å². The van der Waals surface area contributed by atoms with E-state index in [1.807, 2.05) is 0 Å². The fourth-order valence-corrected chi connectivity index (χ4v) is 4.09. The molecule has 0 fully saturated rings. The number of hydrogen-bond acceptors (Lipinski definition) is 4. The summed E-state index contributed by atoms with van der Waals surface area (Å²) in [5.41, 5.74) is 13.4. The number of aromatic carboxylic acids is 2. The van der Waals surface area contributed by atoms with Crippen molar-refractivity contribution in [1.29, 1.82) is 0 Å². The first-order valence-corrected chi connectivity index (χ1v) is 10.1. The van der Waals surface area contributed by atoms with Gasteiger partial charge in [0.15, 0.2) is 0 Å². The molecule has 8 heteroatoms. The number of carbonyl (C=O) groups is 4. The quantitative estimate of drug-likeness (QED) is 0.347. The van der Waals surface area contributed by atoms with Gasteiger partial charge in [-0.1, -0.05) is 48.5 Å². The van der Waals surface area contributed by atoms with Gasteiger partial charge in [-0.15, -0.1) is 0 Å². The molecule has 34 heavy (non-hydrogen) atoms. The van der Waals surface area contributed by atoms with Crippen LogP contribution in [0.1, 0.15) is 41.4 Å². The summed E-state index contributed by atoms with van der Waals surface area (Å²) in [6.07, 6.45) is 0. The van der Waals surface area contributed by atoms with Crippen molar-refractivity contribution in [3.63, 3.8) is 0 Å². The third kappa shape index (κ3) is 3.73. The van der Waals surface area contributed by atoms with Crippen molar-refractivity contribution in [2.24, 2.45) is 11.5 Å². The Bertz CT molecular complexity index is 1380. The van der Waals surface area contributed by atoms with E-state index in [4.69, 9.17) is 11.5 Å². The lowest BCUT2D eigenvalue weighted by Gasteiger charge is -2.21. The molecular formula is C26H18N2O6. The number of carboxylic acids is 2. The Morgan fingerprint density at radius 1 is 0.529 bits per heavy atom. The molecule has 0 radical (unpaired) electrons. The van der Waals surface area contributed by atoms with E-state index in [9.17, 15) is 29.4 Å². The van der Waals surface area contributed by atoms with E-state index in [0.717, 1.165) is 0 Å². The van der Waals surface area contributed by atoms with Crippen LogP contribution >= 0.6 is 0 Å². The minimum absolute atomic E-state index is 0.0349. The fourth-order valence-electron chi connectivity index (χ4n) is 4.09. The standard InChI is InChI=1S/C26H18N2O6/c27-23(29)21-17-3-1-2-4-18(17)22(24(28)30)20(14-7-11-16(12-8-14)26(33)34)19(21)13-5-9-15(10-6-13)25(31)32/h1-12H,(H2,27,29)(H2,28,30)(H,31,32)(H,33,34). The van der Waals surface area contributed by atoms with Crippen molar-refractivity contribution >= 4 is 34.5 Å². The Morgan fingerprint density at radius 3 is 1.12 bits per heavy atom. The molecule has 0 atom stereocenters. The van der Waals surface area contributed by atoms with Crippen LogP contribution in [0, 0.1) is 0 Å². The smallest absolute Gasteiger partial charge is 0.335 e. The maximum absolute atomic E-state index is 12.7. The van der Waals surface area contributed by atoms with Gasteiger partial charge in [-0.25, -0.2) is 9.59 Å². The van der Waals surface area contributed by atoms with Crippen LogP contribution in [0.4, 0.5) is 0 Å². The molecule has 168 valence electrons. The van der Waals surface area contributed by atoms with E-state index in [2.05, 4.69) is 0 Å². The Hall–Kier alpha value is -4.98. The van der Waals surface area contributed by atoms with Gasteiger partial charge < -0.3 is 21.7 Å². The van der Waals surface area contributed by atoms with Crippen LogP contribution < -0.4 is 11.5 Å². The Balaban J connectivity index is 2.20. The monoisotopic (exact) mass is 454 g/mol. The number of fused-ring (bicyclic) bond motifs is 1. The highest BCUT2D eigenvalue weighted by Gasteiger charge is 2.26. The molecule has 0 heterocycles. The second-order valence-corrected chi connectivity index (χ2v) is 7.54. The highest BCUT2D eigenvalue weighted by atomic mass is 16.4. The van der Waals surface area contributed by atoms with E-state index < -0.39 is 23.8 Å². The van der Waals surface area contributed by atoms with Gasteiger partial charge in [0.2, 0.25) is 11.8 Å². The summed E-state index contributed by atoms with van der Waals surface area (Å²) in [5, 5.41) is 19.4. The summed E-state index contributed by atoms with van der Waals surface area (Å²) < 4.78 is 0. The molecule has 8 nitrogen and oxygen atoms in total. The molecule has 6 N–H and O–H groups in total. The van der Waals surface area contributed by atoms with Gasteiger partial charge in [0.25, 0.3) is 0 Å². The van der Waals surface area contributed by atoms with E-state index >= 15 is 0 Å². The summed E-state index contributed by atoms with van der Waals surface area (Å²) >= 11 is 0. The lowest BCUT2D eigenvalue weighted by molar-refractivity contribution is 0.0686. The summed E-state index contributed by atoms with van der Waals surface area (Å²) in [5.74, 6) is -3.76. The Kier molecular flexibility index (Phi) is 5.56. The molecule has 0 bridgehead atoms. The second kappa shape index (κ2) is 8.51. The summed E-state index contributed by atoms with van der Waals surface area (Å²) in [6.45, 7) is 0. The average molecular weight is 454 g/mol. The zero-order valence-electron chi connectivity index (χ0n) is 17.6. The maximum Gasteiger partial charge on any atom is 0.335 e. The molecule has 0 aliphatic heterocycles. The average Bonchev–Trinajstić information content (AvgIpc) is 2.82. The van der Waals surface area contributed by atoms with Gasteiger partial charge in [0.1, 0.15) is 0 Å². The maximum atomic E-state index is 12.7. The van der Waals surface area contributed by atoms with Crippen molar-refractivity contribution in [2.45, 2.75) is 0 Å². The van der Waals surface area contributed by atoms with E-state index in [1.54, 1.807) is 24.3 Å². The number of carbonyl (C=O) groups excluding carboxylic acids is 2. The van der Waals surface area contributed by atoms with Gasteiger partial charge in [0, 0.05) is 11.1 Å². The first kappa shape index (κ1) is 22.2. The van der Waals surface area contributed by atoms with Crippen LogP contribution in [0.5, 0.6) is 0 Å². The molecule has 0 saturated carbocycles. The summed E-state index contributed by atoms with van der Waals surface area (Å²) in [6, 6.07) is 18.2. The molecule has 0 spiro atoms. The number of rotatable bonds is 6. The van der Waals surface area contributed by atoms with E-state index in [-0.39, 0.29) is 22.3 Å². The third-order valence-electron chi connectivity index (χ3n) is 5.55. The predicted octanol–water partition coefficient (Wildman–Crippen LogP) is 3.77. The molecular weight excluding hydrogens is 436 g/mol. The molecule has 0 aliphatic carbocycles. The second-order valence-electron chi connectivity index (χ2n) is 7.54. The van der Waals surface area contributed by atoms with Gasteiger partial charge in [-0.05, 0) is 46.2 Å². The molecule has 4 aromatic carbocycles. The van der Waals surface area contributed by atoms with E-state index in [1.165, 1.54) is 48.5 Å². The lowest BCUT2D eigenvalue weighted by atomic mass is 9.82. The first-order chi connectivity index (χ1) is 16.2. The minimum atomic E-state index is -1.12. The van der Waals surface area contributed by atoms with Crippen molar-refractivity contribution in [3.05, 3.63) is 95.1 Å². The van der Waals surface area contributed by atoms with Gasteiger partial charge in [-0.2, -0.15) is 0 Å². The van der Waals surface area contributed by atoms with Crippen molar-refractivity contribution in [1.82, 2.24) is 0 Å². The zero-order chi connectivity index (χ0) is 24.6. The SMILES string of the molecule is NC(=O)c1c(-c2ccc(C(=O)O)cc2)c(-c2ccc(C(=O)O)cc2)c(C(N)=O)c2ccccc12. The minimum Gasteiger partial charge on any atom is -0.478 e. The van der Waals surface area contributed by atoms with Gasteiger partial charge in [0.05, 0.1) is 22.3 Å². The number of nitrogens with two attached hydrogens (primary N) is 2. The number of hydrogen-bond donors (Lipinski definition) is 4. The van der Waals surface area contributed by atoms with Crippen molar-refractivity contribution in [2.75, 3.05) is 0 Å². The van der Waals surface area contributed by atoms with Crippen molar-refractivity contribution in [3.8, 4) is 22.3 Å². The molecule has 2 amide bonds. The first-order valence-electron chi connectivity index (χ1n) is 10.1. The van der Waals surface area contributed by atoms with Crippen LogP contribution in [0.25, 0.3) is 33.0 Å². The number of primary amides is 2. The van der Waals surface area contributed by atoms with Gasteiger partial charge in [-0.3, -0.25) is 9.59 Å². The van der Waals surface area contributed by atoms with E-state index in [0.29, 0.717) is 33.0 Å². The Morgan fingerprint density at radius 2 is 0.853 bits per heavy atom. The normalized spacial score (nSPS) is 10.7.